The number of hydrogen-bond donors (Lipinski definition) is 0. The van der Waals surface area contributed by atoms with Crippen LogP contribution in [0.2, 0.25) is 0 Å². The maximum absolute atomic E-state index is 4.86. The predicted octanol–water partition coefficient (Wildman–Crippen LogP) is 4.46. The van der Waals surface area contributed by atoms with Gasteiger partial charge in [-0.15, -0.1) is 0 Å². The average Bonchev–Trinajstić information content (AvgIpc) is 3.12. The average molecular weight is 342 g/mol. The van der Waals surface area contributed by atoms with Gasteiger partial charge >= 0.3 is 0 Å². The summed E-state index contributed by atoms with van der Waals surface area (Å²) in [6.07, 6.45) is 5.50. The van der Waals surface area contributed by atoms with Gasteiger partial charge in [0.1, 0.15) is 13.4 Å². The van der Waals surface area contributed by atoms with Crippen molar-refractivity contribution in [3.05, 3.63) is 78.9 Å². The normalized spacial score (nSPS) is 11.7. The Morgan fingerprint density at radius 2 is 1.92 bits per heavy atom. The molecular weight excluding hydrogens is 324 g/mol. The van der Waals surface area contributed by atoms with Gasteiger partial charge in [-0.25, -0.2) is 4.98 Å². The SMILES string of the molecule is CO/N=C(/C)c1ccc2c(c1)ncn2-c1cccc(-c2cccnc2)c1. The fourth-order valence-corrected chi connectivity index (χ4v) is 3.00. The van der Waals surface area contributed by atoms with Crippen molar-refractivity contribution in [1.82, 2.24) is 14.5 Å². The second-order valence-electron chi connectivity index (χ2n) is 5.97. The zero-order valence-corrected chi connectivity index (χ0v) is 14.6. The van der Waals surface area contributed by atoms with Crippen LogP contribution < -0.4 is 0 Å². The van der Waals surface area contributed by atoms with Gasteiger partial charge in [-0.05, 0) is 42.8 Å². The molecule has 0 radical (unpaired) electrons. The number of aromatic nitrogens is 3. The summed E-state index contributed by atoms with van der Waals surface area (Å²) in [5, 5.41) is 3.99. The van der Waals surface area contributed by atoms with Crippen molar-refractivity contribution in [2.75, 3.05) is 7.11 Å². The second-order valence-corrected chi connectivity index (χ2v) is 5.97. The molecule has 0 aliphatic heterocycles. The zero-order valence-electron chi connectivity index (χ0n) is 14.6. The lowest BCUT2D eigenvalue weighted by molar-refractivity contribution is 0.213. The highest BCUT2D eigenvalue weighted by molar-refractivity contribution is 6.00. The summed E-state index contributed by atoms with van der Waals surface area (Å²) in [5.41, 5.74) is 7.05. The molecule has 0 saturated heterocycles. The lowest BCUT2D eigenvalue weighted by Crippen LogP contribution is -1.96. The van der Waals surface area contributed by atoms with Crippen LogP contribution in [0.5, 0.6) is 0 Å². The van der Waals surface area contributed by atoms with Crippen molar-refractivity contribution in [2.45, 2.75) is 6.92 Å². The molecule has 0 aliphatic carbocycles. The van der Waals surface area contributed by atoms with Crippen molar-refractivity contribution in [3.8, 4) is 16.8 Å². The van der Waals surface area contributed by atoms with Gasteiger partial charge in [-0.3, -0.25) is 9.55 Å². The third-order valence-electron chi connectivity index (χ3n) is 4.31. The van der Waals surface area contributed by atoms with Crippen LogP contribution in [-0.2, 0) is 4.84 Å². The van der Waals surface area contributed by atoms with E-state index < -0.39 is 0 Å². The zero-order chi connectivity index (χ0) is 17.9. The Kier molecular flexibility index (Phi) is 4.19. The van der Waals surface area contributed by atoms with Gasteiger partial charge in [-0.1, -0.05) is 29.4 Å². The summed E-state index contributed by atoms with van der Waals surface area (Å²) >= 11 is 0. The maximum atomic E-state index is 4.86. The molecule has 5 heteroatoms. The standard InChI is InChI=1S/C21H18N4O/c1-15(24-26-2)16-8-9-21-20(12-16)23-14-25(21)19-7-3-5-17(11-19)18-6-4-10-22-13-18/h3-14H,1-2H3/b24-15-. The highest BCUT2D eigenvalue weighted by Gasteiger charge is 2.08. The van der Waals surface area contributed by atoms with Crippen molar-refractivity contribution in [1.29, 1.82) is 0 Å². The molecule has 128 valence electrons. The first-order valence-corrected chi connectivity index (χ1v) is 8.32. The molecule has 0 fully saturated rings. The number of benzene rings is 2. The first-order chi connectivity index (χ1) is 12.8. The summed E-state index contributed by atoms with van der Waals surface area (Å²) in [6, 6.07) is 18.5. The molecule has 0 atom stereocenters. The van der Waals surface area contributed by atoms with E-state index in [1.54, 1.807) is 13.3 Å². The molecule has 0 aliphatic rings. The van der Waals surface area contributed by atoms with Gasteiger partial charge in [0, 0.05) is 29.2 Å². The van der Waals surface area contributed by atoms with Crippen molar-refractivity contribution in [3.63, 3.8) is 0 Å². The van der Waals surface area contributed by atoms with Crippen LogP contribution in [0.15, 0.2) is 78.5 Å². The topological polar surface area (TPSA) is 52.3 Å². The number of imidazole rings is 1. The van der Waals surface area contributed by atoms with Crippen LogP contribution in [0.3, 0.4) is 0 Å². The van der Waals surface area contributed by atoms with Gasteiger partial charge in [0.15, 0.2) is 0 Å². The Bertz CT molecular complexity index is 1080. The largest absolute Gasteiger partial charge is 0.399 e. The fraction of sp³-hybridized carbons (Fsp3) is 0.0952. The van der Waals surface area contributed by atoms with Crippen molar-refractivity contribution >= 4 is 16.7 Å². The minimum absolute atomic E-state index is 0.822. The van der Waals surface area contributed by atoms with E-state index in [2.05, 4.69) is 50.0 Å². The molecule has 0 spiro atoms. The molecule has 0 N–H and O–H groups in total. The minimum atomic E-state index is 0.822. The molecule has 2 aromatic heterocycles. The highest BCUT2D eigenvalue weighted by Crippen LogP contribution is 2.24. The number of rotatable bonds is 4. The van der Waals surface area contributed by atoms with Gasteiger partial charge in [0.2, 0.25) is 0 Å². The van der Waals surface area contributed by atoms with Crippen LogP contribution in [-0.4, -0.2) is 27.4 Å². The fourth-order valence-electron chi connectivity index (χ4n) is 3.00. The van der Waals surface area contributed by atoms with Crippen LogP contribution in [0.4, 0.5) is 0 Å². The molecule has 0 unspecified atom stereocenters. The van der Waals surface area contributed by atoms with Crippen molar-refractivity contribution < 1.29 is 4.84 Å². The van der Waals surface area contributed by atoms with Gasteiger partial charge in [0.05, 0.1) is 16.7 Å². The molecule has 2 heterocycles. The van der Waals surface area contributed by atoms with Crippen molar-refractivity contribution in [2.24, 2.45) is 5.16 Å². The molecule has 4 rings (SSSR count). The Morgan fingerprint density at radius 1 is 1.04 bits per heavy atom. The van der Waals surface area contributed by atoms with E-state index in [0.29, 0.717) is 0 Å². The van der Waals surface area contributed by atoms with Crippen LogP contribution >= 0.6 is 0 Å². The van der Waals surface area contributed by atoms with Gasteiger partial charge in [0.25, 0.3) is 0 Å². The van der Waals surface area contributed by atoms with E-state index in [-0.39, 0.29) is 0 Å². The lowest BCUT2D eigenvalue weighted by Gasteiger charge is -2.08. The van der Waals surface area contributed by atoms with E-state index in [1.807, 2.05) is 43.7 Å². The molecule has 0 bridgehead atoms. The van der Waals surface area contributed by atoms with Gasteiger partial charge < -0.3 is 4.84 Å². The number of fused-ring (bicyclic) bond motifs is 1. The quantitative estimate of drug-likeness (QED) is 0.406. The predicted molar refractivity (Wildman–Crippen MR) is 104 cm³/mol. The van der Waals surface area contributed by atoms with E-state index in [4.69, 9.17) is 4.84 Å². The Labute approximate surface area is 151 Å². The van der Waals surface area contributed by atoms with E-state index in [1.165, 1.54) is 0 Å². The molecule has 0 saturated carbocycles. The monoisotopic (exact) mass is 342 g/mol. The number of oxime groups is 1. The second kappa shape index (κ2) is 6.80. The molecule has 2 aromatic carbocycles. The van der Waals surface area contributed by atoms with E-state index in [0.717, 1.165) is 39.1 Å². The first-order valence-electron chi connectivity index (χ1n) is 8.32. The molecule has 0 amide bonds. The smallest absolute Gasteiger partial charge is 0.106 e. The van der Waals surface area contributed by atoms with E-state index in [9.17, 15) is 0 Å². The number of hydrogen-bond acceptors (Lipinski definition) is 4. The third-order valence-corrected chi connectivity index (χ3v) is 4.31. The Morgan fingerprint density at radius 3 is 2.73 bits per heavy atom. The molecule has 5 nitrogen and oxygen atoms in total. The summed E-state index contributed by atoms with van der Waals surface area (Å²) in [5.74, 6) is 0. The number of pyridine rings is 1. The first kappa shape index (κ1) is 16.0. The molecule has 4 aromatic rings. The Balaban J connectivity index is 1.77. The minimum Gasteiger partial charge on any atom is -0.399 e. The summed E-state index contributed by atoms with van der Waals surface area (Å²) in [7, 11) is 1.55. The number of nitrogens with zero attached hydrogens (tertiary/aromatic N) is 4. The third kappa shape index (κ3) is 2.95. The van der Waals surface area contributed by atoms with Crippen LogP contribution in [0, 0.1) is 0 Å². The lowest BCUT2D eigenvalue weighted by atomic mass is 10.1. The molecule has 26 heavy (non-hydrogen) atoms. The highest BCUT2D eigenvalue weighted by atomic mass is 16.6. The maximum Gasteiger partial charge on any atom is 0.106 e. The van der Waals surface area contributed by atoms with Crippen LogP contribution in [0.1, 0.15) is 12.5 Å². The summed E-state index contributed by atoms with van der Waals surface area (Å²) < 4.78 is 2.09. The Hall–Kier alpha value is -3.47. The van der Waals surface area contributed by atoms with Gasteiger partial charge in [-0.2, -0.15) is 0 Å². The van der Waals surface area contributed by atoms with E-state index >= 15 is 0 Å². The summed E-state index contributed by atoms with van der Waals surface area (Å²) in [6.45, 7) is 1.92. The summed E-state index contributed by atoms with van der Waals surface area (Å²) in [4.78, 5) is 13.6. The van der Waals surface area contributed by atoms with Crippen LogP contribution in [0.25, 0.3) is 27.8 Å². The molecular formula is C21H18N4O.